The molecule has 0 fully saturated rings. The van der Waals surface area contributed by atoms with Gasteiger partial charge in [0.15, 0.2) is 0 Å². The molecule has 0 saturated carbocycles. The third-order valence-electron chi connectivity index (χ3n) is 4.96. The molecule has 0 aliphatic carbocycles. The first-order valence-corrected chi connectivity index (χ1v) is 9.05. The van der Waals surface area contributed by atoms with Crippen molar-refractivity contribution in [2.75, 3.05) is 14.2 Å². The van der Waals surface area contributed by atoms with Crippen molar-refractivity contribution in [3.8, 4) is 11.3 Å². The number of carbonyl (C=O) groups is 2. The molecular formula is C21H20N2O7. The van der Waals surface area contributed by atoms with Crippen molar-refractivity contribution in [2.24, 2.45) is 10.9 Å². The molecule has 2 heterocycles. The lowest BCUT2D eigenvalue weighted by Crippen LogP contribution is -2.35. The van der Waals surface area contributed by atoms with E-state index in [1.165, 1.54) is 26.4 Å². The van der Waals surface area contributed by atoms with Crippen molar-refractivity contribution < 1.29 is 28.4 Å². The van der Waals surface area contributed by atoms with E-state index in [4.69, 9.17) is 13.9 Å². The lowest BCUT2D eigenvalue weighted by molar-refractivity contribution is -0.384. The number of carbonyl (C=O) groups excluding carboxylic acids is 2. The maximum atomic E-state index is 12.5. The Morgan fingerprint density at radius 2 is 1.87 bits per heavy atom. The van der Waals surface area contributed by atoms with Gasteiger partial charge in [0.25, 0.3) is 5.69 Å². The number of nitro groups is 1. The average Bonchev–Trinajstić information content (AvgIpc) is 3.22. The number of aliphatic imine (C=N–C) groups is 1. The zero-order valence-electron chi connectivity index (χ0n) is 16.9. The maximum absolute atomic E-state index is 12.5. The first-order valence-electron chi connectivity index (χ1n) is 9.05. The summed E-state index contributed by atoms with van der Waals surface area (Å²) < 4.78 is 15.8. The normalized spacial score (nSPS) is 18.6. The van der Waals surface area contributed by atoms with Crippen LogP contribution in [0.2, 0.25) is 0 Å². The summed E-state index contributed by atoms with van der Waals surface area (Å²) in [6.45, 7) is 3.33. The van der Waals surface area contributed by atoms with E-state index >= 15 is 0 Å². The van der Waals surface area contributed by atoms with Gasteiger partial charge in [0.2, 0.25) is 0 Å². The van der Waals surface area contributed by atoms with Crippen LogP contribution in [0.3, 0.4) is 0 Å². The van der Waals surface area contributed by atoms with Gasteiger partial charge in [-0.3, -0.25) is 19.9 Å². The number of hydrogen-bond donors (Lipinski definition) is 0. The third-order valence-corrected chi connectivity index (χ3v) is 4.96. The fourth-order valence-corrected chi connectivity index (χ4v) is 3.60. The van der Waals surface area contributed by atoms with Crippen molar-refractivity contribution in [2.45, 2.75) is 19.8 Å². The molecule has 9 heteroatoms. The molecule has 0 bridgehead atoms. The van der Waals surface area contributed by atoms with Gasteiger partial charge in [0.1, 0.15) is 17.4 Å². The monoisotopic (exact) mass is 412 g/mol. The van der Waals surface area contributed by atoms with Crippen LogP contribution in [-0.2, 0) is 19.1 Å². The van der Waals surface area contributed by atoms with E-state index in [0.29, 0.717) is 28.5 Å². The first kappa shape index (κ1) is 21.0. The van der Waals surface area contributed by atoms with Crippen LogP contribution < -0.4 is 0 Å². The zero-order chi connectivity index (χ0) is 22.0. The van der Waals surface area contributed by atoms with Gasteiger partial charge in [-0.15, -0.1) is 0 Å². The number of ether oxygens (including phenoxy) is 2. The fraction of sp³-hybridized carbons (Fsp3) is 0.286. The van der Waals surface area contributed by atoms with Crippen molar-refractivity contribution in [1.82, 2.24) is 0 Å². The summed E-state index contributed by atoms with van der Waals surface area (Å²) in [5, 5.41) is 11.1. The predicted octanol–water partition coefficient (Wildman–Crippen LogP) is 3.65. The number of non-ortho nitro benzene ring substituents is 1. The molecule has 1 aliphatic rings. The lowest BCUT2D eigenvalue weighted by atomic mass is 9.78. The second kappa shape index (κ2) is 8.32. The van der Waals surface area contributed by atoms with Gasteiger partial charge in [-0.2, -0.15) is 0 Å². The standard InChI is InChI=1S/C21H20N2O7/c1-11-17(20(24)28-3)19(18(12(2)22-11)21(25)29-4)16-9-8-15(30-16)13-6-5-7-14(10-13)23(26)27/h5-10,17,19H,1-4H3/t17?,19-/m0/s1. The Labute approximate surface area is 172 Å². The molecule has 0 spiro atoms. The molecule has 0 N–H and O–H groups in total. The van der Waals surface area contributed by atoms with Gasteiger partial charge in [0, 0.05) is 29.1 Å². The van der Waals surface area contributed by atoms with Gasteiger partial charge in [-0.25, -0.2) is 4.79 Å². The van der Waals surface area contributed by atoms with Crippen LogP contribution in [0.5, 0.6) is 0 Å². The summed E-state index contributed by atoms with van der Waals surface area (Å²) in [6.07, 6.45) is 0. The van der Waals surface area contributed by atoms with Crippen LogP contribution in [0.25, 0.3) is 11.3 Å². The molecule has 0 saturated heterocycles. The van der Waals surface area contributed by atoms with Gasteiger partial charge < -0.3 is 13.9 Å². The Bertz CT molecular complexity index is 1080. The molecule has 30 heavy (non-hydrogen) atoms. The number of esters is 2. The fourth-order valence-electron chi connectivity index (χ4n) is 3.60. The Balaban J connectivity index is 2.12. The highest BCUT2D eigenvalue weighted by Gasteiger charge is 2.43. The minimum Gasteiger partial charge on any atom is -0.468 e. The highest BCUT2D eigenvalue weighted by atomic mass is 16.6. The Morgan fingerprint density at radius 1 is 1.13 bits per heavy atom. The Kier molecular flexibility index (Phi) is 5.81. The highest BCUT2D eigenvalue weighted by molar-refractivity contribution is 6.06. The van der Waals surface area contributed by atoms with Gasteiger partial charge in [-0.1, -0.05) is 12.1 Å². The number of nitrogens with zero attached hydrogens (tertiary/aromatic N) is 2. The molecule has 2 atom stereocenters. The molecule has 9 nitrogen and oxygen atoms in total. The summed E-state index contributed by atoms with van der Waals surface area (Å²) in [7, 11) is 2.50. The van der Waals surface area contributed by atoms with Crippen LogP contribution in [0.1, 0.15) is 25.5 Å². The largest absolute Gasteiger partial charge is 0.468 e. The van der Waals surface area contributed by atoms with E-state index in [0.717, 1.165) is 0 Å². The van der Waals surface area contributed by atoms with E-state index in [2.05, 4.69) is 4.99 Å². The van der Waals surface area contributed by atoms with Crippen molar-refractivity contribution >= 4 is 23.3 Å². The summed E-state index contributed by atoms with van der Waals surface area (Å²) in [5.74, 6) is -2.20. The number of nitro benzene ring substituents is 1. The van der Waals surface area contributed by atoms with Gasteiger partial charge in [-0.05, 0) is 26.0 Å². The number of methoxy groups -OCH3 is 2. The number of benzene rings is 1. The first-order chi connectivity index (χ1) is 14.3. The molecule has 1 aliphatic heterocycles. The van der Waals surface area contributed by atoms with Crippen LogP contribution >= 0.6 is 0 Å². The topological polar surface area (TPSA) is 121 Å². The van der Waals surface area contributed by atoms with Crippen molar-refractivity contribution in [1.29, 1.82) is 0 Å². The minimum atomic E-state index is -0.878. The smallest absolute Gasteiger partial charge is 0.336 e. The molecule has 1 aromatic carbocycles. The second-order valence-corrected chi connectivity index (χ2v) is 6.73. The van der Waals surface area contributed by atoms with Crippen LogP contribution in [0, 0.1) is 16.0 Å². The van der Waals surface area contributed by atoms with Crippen molar-refractivity contribution in [3.05, 3.63) is 63.5 Å². The molecule has 1 aromatic heterocycles. The second-order valence-electron chi connectivity index (χ2n) is 6.73. The molecule has 2 aromatic rings. The average molecular weight is 412 g/mol. The van der Waals surface area contributed by atoms with Gasteiger partial charge >= 0.3 is 11.9 Å². The predicted molar refractivity (Wildman–Crippen MR) is 107 cm³/mol. The SMILES string of the molecule is COC(=O)C1=C(C)N=C(C)C(C(=O)OC)[C@@H]1c1ccc(-c2cccc([N+](=O)[O-])c2)o1. The van der Waals surface area contributed by atoms with Crippen LogP contribution in [0.15, 0.2) is 57.1 Å². The summed E-state index contributed by atoms with van der Waals surface area (Å²) in [5.41, 5.74) is 1.50. The molecular weight excluding hydrogens is 392 g/mol. The van der Waals surface area contributed by atoms with E-state index in [1.54, 1.807) is 38.1 Å². The number of rotatable bonds is 5. The van der Waals surface area contributed by atoms with E-state index in [-0.39, 0.29) is 11.3 Å². The third kappa shape index (κ3) is 3.73. The van der Waals surface area contributed by atoms with Crippen LogP contribution in [0.4, 0.5) is 5.69 Å². The quantitative estimate of drug-likeness (QED) is 0.417. The molecule has 1 unspecified atom stereocenters. The van der Waals surface area contributed by atoms with Crippen LogP contribution in [-0.4, -0.2) is 36.8 Å². The van der Waals surface area contributed by atoms with Crippen molar-refractivity contribution in [3.63, 3.8) is 0 Å². The van der Waals surface area contributed by atoms with E-state index < -0.39 is 28.7 Å². The molecule has 156 valence electrons. The summed E-state index contributed by atoms with van der Waals surface area (Å²) in [6, 6.07) is 9.24. The minimum absolute atomic E-state index is 0.0791. The summed E-state index contributed by atoms with van der Waals surface area (Å²) >= 11 is 0. The van der Waals surface area contributed by atoms with E-state index in [9.17, 15) is 19.7 Å². The Morgan fingerprint density at radius 3 is 2.50 bits per heavy atom. The molecule has 0 radical (unpaired) electrons. The van der Waals surface area contributed by atoms with Gasteiger partial charge in [0.05, 0.1) is 30.6 Å². The molecule has 0 amide bonds. The van der Waals surface area contributed by atoms with E-state index in [1.807, 2.05) is 0 Å². The summed E-state index contributed by atoms with van der Waals surface area (Å²) in [4.78, 5) is 39.9. The highest BCUT2D eigenvalue weighted by Crippen LogP contribution is 2.41. The Hall–Kier alpha value is -3.75. The zero-order valence-corrected chi connectivity index (χ0v) is 16.9. The number of hydrogen-bond acceptors (Lipinski definition) is 8. The number of furan rings is 1. The maximum Gasteiger partial charge on any atom is 0.336 e. The molecule has 3 rings (SSSR count). The number of allylic oxidation sites excluding steroid dienone is 1. The lowest BCUT2D eigenvalue weighted by Gasteiger charge is -2.29.